The van der Waals surface area contributed by atoms with Crippen LogP contribution in [0.4, 0.5) is 24.5 Å². The molecule has 4 nitrogen and oxygen atoms in total. The molecule has 21 heavy (non-hydrogen) atoms. The van der Waals surface area contributed by atoms with Gasteiger partial charge in [0, 0.05) is 25.2 Å². The summed E-state index contributed by atoms with van der Waals surface area (Å²) < 4.78 is 42.3. The molecule has 2 rings (SSSR count). The predicted molar refractivity (Wildman–Crippen MR) is 74.1 cm³/mol. The summed E-state index contributed by atoms with van der Waals surface area (Å²) in [4.78, 5) is 1.86. The second-order valence-electron chi connectivity index (χ2n) is 5.56. The Morgan fingerprint density at radius 3 is 2.71 bits per heavy atom. The van der Waals surface area contributed by atoms with Gasteiger partial charge in [-0.2, -0.15) is 8.78 Å². The smallest absolute Gasteiger partial charge is 0.387 e. The van der Waals surface area contributed by atoms with Gasteiger partial charge in [-0.1, -0.05) is 0 Å². The Bertz CT molecular complexity index is 509. The molecular weight excluding hydrogens is 285 g/mol. The molecule has 0 saturated carbocycles. The fourth-order valence-corrected chi connectivity index (χ4v) is 2.52. The molecule has 1 unspecified atom stereocenters. The Balaban J connectivity index is 2.26. The van der Waals surface area contributed by atoms with Crippen molar-refractivity contribution >= 4 is 11.4 Å². The molecule has 1 heterocycles. The lowest BCUT2D eigenvalue weighted by atomic mass is 9.98. The molecule has 3 N–H and O–H groups in total. The number of alkyl halides is 2. The highest BCUT2D eigenvalue weighted by Gasteiger charge is 2.26. The molecule has 0 aromatic heterocycles. The molecule has 1 fully saturated rings. The van der Waals surface area contributed by atoms with Gasteiger partial charge in [-0.15, -0.1) is 0 Å². The van der Waals surface area contributed by atoms with Gasteiger partial charge in [0.05, 0.1) is 17.0 Å². The fraction of sp³-hybridized carbons (Fsp3) is 0.571. The minimum Gasteiger partial charge on any atom is -0.432 e. The zero-order valence-electron chi connectivity index (χ0n) is 11.8. The van der Waals surface area contributed by atoms with Gasteiger partial charge in [0.2, 0.25) is 0 Å². The van der Waals surface area contributed by atoms with E-state index >= 15 is 0 Å². The third-order valence-electron chi connectivity index (χ3n) is 3.70. The van der Waals surface area contributed by atoms with Gasteiger partial charge < -0.3 is 20.5 Å². The molecule has 1 atom stereocenters. The number of halogens is 3. The van der Waals surface area contributed by atoms with Crippen LogP contribution >= 0.6 is 0 Å². The molecule has 1 aromatic carbocycles. The highest BCUT2D eigenvalue weighted by Crippen LogP contribution is 2.34. The minimum atomic E-state index is -3.10. The van der Waals surface area contributed by atoms with Crippen LogP contribution in [-0.4, -0.2) is 30.4 Å². The summed E-state index contributed by atoms with van der Waals surface area (Å²) in [5.74, 6) is -1.44. The molecule has 0 aliphatic carbocycles. The number of nitrogen functional groups attached to an aromatic ring is 1. The minimum absolute atomic E-state index is 0.163. The molecule has 118 valence electrons. The van der Waals surface area contributed by atoms with Crippen LogP contribution in [0.25, 0.3) is 0 Å². The molecule has 0 radical (unpaired) electrons. The van der Waals surface area contributed by atoms with Gasteiger partial charge in [-0.25, -0.2) is 4.39 Å². The SMILES string of the molecule is CC1(O)CCCN(c2cc(OC(F)F)c(F)cc2N)CC1. The van der Waals surface area contributed by atoms with E-state index in [1.54, 1.807) is 6.92 Å². The first kappa shape index (κ1) is 15.8. The number of nitrogens with two attached hydrogens (primary N) is 1. The summed E-state index contributed by atoms with van der Waals surface area (Å²) in [6, 6.07) is 2.17. The second-order valence-corrected chi connectivity index (χ2v) is 5.56. The summed E-state index contributed by atoms with van der Waals surface area (Å²) >= 11 is 0. The molecule has 0 bridgehead atoms. The Labute approximate surface area is 121 Å². The molecular formula is C14H19F3N2O2. The lowest BCUT2D eigenvalue weighted by molar-refractivity contribution is -0.0521. The first-order valence-corrected chi connectivity index (χ1v) is 6.80. The van der Waals surface area contributed by atoms with Crippen molar-refractivity contribution in [2.24, 2.45) is 0 Å². The van der Waals surface area contributed by atoms with E-state index in [-0.39, 0.29) is 5.69 Å². The Morgan fingerprint density at radius 2 is 2.05 bits per heavy atom. The van der Waals surface area contributed by atoms with Crippen LogP contribution in [0.5, 0.6) is 5.75 Å². The number of hydrogen-bond donors (Lipinski definition) is 2. The van der Waals surface area contributed by atoms with E-state index in [2.05, 4.69) is 4.74 Å². The van der Waals surface area contributed by atoms with Gasteiger partial charge in [-0.3, -0.25) is 0 Å². The maximum Gasteiger partial charge on any atom is 0.387 e. The summed E-state index contributed by atoms with van der Waals surface area (Å²) in [5, 5.41) is 10.1. The van der Waals surface area contributed by atoms with Crippen molar-refractivity contribution in [3.8, 4) is 5.75 Å². The number of ether oxygens (including phenoxy) is 1. The van der Waals surface area contributed by atoms with Crippen LogP contribution in [0.3, 0.4) is 0 Å². The van der Waals surface area contributed by atoms with Crippen molar-refractivity contribution in [3.63, 3.8) is 0 Å². The zero-order valence-corrected chi connectivity index (χ0v) is 11.8. The quantitative estimate of drug-likeness (QED) is 0.843. The molecule has 0 spiro atoms. The fourth-order valence-electron chi connectivity index (χ4n) is 2.52. The maximum absolute atomic E-state index is 13.6. The highest BCUT2D eigenvalue weighted by molar-refractivity contribution is 5.70. The first-order valence-electron chi connectivity index (χ1n) is 6.80. The topological polar surface area (TPSA) is 58.7 Å². The number of benzene rings is 1. The van der Waals surface area contributed by atoms with E-state index in [0.717, 1.165) is 12.5 Å². The van der Waals surface area contributed by atoms with E-state index in [9.17, 15) is 18.3 Å². The van der Waals surface area contributed by atoms with Crippen LogP contribution < -0.4 is 15.4 Å². The number of hydrogen-bond acceptors (Lipinski definition) is 4. The standard InChI is InChI=1S/C14H19F3N2O2/c1-14(20)3-2-5-19(6-4-14)11-8-12(21-13(16)17)9(15)7-10(11)18/h7-8,13,20H,2-6,18H2,1H3. The molecule has 1 aliphatic rings. The summed E-state index contributed by atoms with van der Waals surface area (Å²) in [6.07, 6.45) is 1.90. The van der Waals surface area contributed by atoms with Gasteiger partial charge in [0.25, 0.3) is 0 Å². The lowest BCUT2D eigenvalue weighted by Gasteiger charge is -2.26. The van der Waals surface area contributed by atoms with Crippen molar-refractivity contribution < 1.29 is 23.0 Å². The van der Waals surface area contributed by atoms with Gasteiger partial charge >= 0.3 is 6.61 Å². The van der Waals surface area contributed by atoms with Crippen molar-refractivity contribution in [2.45, 2.75) is 38.4 Å². The van der Waals surface area contributed by atoms with Gasteiger partial charge in [0.15, 0.2) is 11.6 Å². The highest BCUT2D eigenvalue weighted by atomic mass is 19.3. The molecule has 1 aromatic rings. The third kappa shape index (κ3) is 3.93. The van der Waals surface area contributed by atoms with Crippen LogP contribution in [-0.2, 0) is 0 Å². The Morgan fingerprint density at radius 1 is 1.33 bits per heavy atom. The first-order chi connectivity index (χ1) is 9.78. The number of anilines is 2. The van der Waals surface area contributed by atoms with E-state index in [0.29, 0.717) is 31.6 Å². The Kier molecular flexibility index (Phi) is 4.51. The van der Waals surface area contributed by atoms with E-state index in [1.165, 1.54) is 6.07 Å². The lowest BCUT2D eigenvalue weighted by Crippen LogP contribution is -2.28. The third-order valence-corrected chi connectivity index (χ3v) is 3.70. The zero-order chi connectivity index (χ0) is 15.6. The summed E-state index contributed by atoms with van der Waals surface area (Å²) in [7, 11) is 0. The number of nitrogens with zero attached hydrogens (tertiary/aromatic N) is 1. The van der Waals surface area contributed by atoms with Crippen molar-refractivity contribution in [1.82, 2.24) is 0 Å². The summed E-state index contributed by atoms with van der Waals surface area (Å²) in [6.45, 7) is -0.215. The molecule has 1 saturated heterocycles. The van der Waals surface area contributed by atoms with E-state index in [4.69, 9.17) is 5.73 Å². The van der Waals surface area contributed by atoms with Crippen LogP contribution in [0, 0.1) is 5.82 Å². The van der Waals surface area contributed by atoms with Crippen LogP contribution in [0.15, 0.2) is 12.1 Å². The average molecular weight is 304 g/mol. The summed E-state index contributed by atoms with van der Waals surface area (Å²) in [5.41, 5.74) is 5.64. The van der Waals surface area contributed by atoms with Crippen LogP contribution in [0.1, 0.15) is 26.2 Å². The second kappa shape index (κ2) is 6.01. The number of aliphatic hydroxyl groups is 1. The number of rotatable bonds is 3. The molecule has 7 heteroatoms. The average Bonchev–Trinajstić information content (AvgIpc) is 2.53. The van der Waals surface area contributed by atoms with E-state index in [1.807, 2.05) is 4.90 Å². The predicted octanol–water partition coefficient (Wildman–Crippen LogP) is 2.75. The van der Waals surface area contributed by atoms with Gasteiger partial charge in [-0.05, 0) is 26.2 Å². The van der Waals surface area contributed by atoms with Crippen molar-refractivity contribution in [2.75, 3.05) is 23.7 Å². The van der Waals surface area contributed by atoms with Crippen molar-refractivity contribution in [1.29, 1.82) is 0 Å². The van der Waals surface area contributed by atoms with Crippen molar-refractivity contribution in [3.05, 3.63) is 17.9 Å². The van der Waals surface area contributed by atoms with Gasteiger partial charge in [0.1, 0.15) is 0 Å². The van der Waals surface area contributed by atoms with Crippen LogP contribution in [0.2, 0.25) is 0 Å². The maximum atomic E-state index is 13.6. The van der Waals surface area contributed by atoms with E-state index < -0.39 is 23.8 Å². The molecule has 1 aliphatic heterocycles. The normalized spacial score (nSPS) is 23.2. The molecule has 0 amide bonds. The monoisotopic (exact) mass is 304 g/mol. The Hall–Kier alpha value is -1.63. The largest absolute Gasteiger partial charge is 0.432 e.